The first-order chi connectivity index (χ1) is 8.45. The van der Waals surface area contributed by atoms with Crippen molar-refractivity contribution < 1.29 is 23.5 Å². The number of ketones is 1. The van der Waals surface area contributed by atoms with Crippen LogP contribution in [-0.2, 0) is 13.9 Å². The molecule has 0 spiro atoms. The average molecular weight is 270 g/mol. The van der Waals surface area contributed by atoms with Gasteiger partial charge < -0.3 is 9.63 Å². The first-order valence-electron chi connectivity index (χ1n) is 5.24. The van der Waals surface area contributed by atoms with Gasteiger partial charge in [0.1, 0.15) is 11.4 Å². The SMILES string of the molecule is C=CC(=O)C(C)(O)CO[PH](=O)Oc1ccccc1. The minimum atomic E-state index is -2.81. The summed E-state index contributed by atoms with van der Waals surface area (Å²) in [6.45, 7) is 4.10. The molecule has 2 atom stereocenters. The molecule has 1 N–H and O–H groups in total. The van der Waals surface area contributed by atoms with E-state index in [9.17, 15) is 14.5 Å². The van der Waals surface area contributed by atoms with Crippen molar-refractivity contribution in [1.29, 1.82) is 0 Å². The van der Waals surface area contributed by atoms with Gasteiger partial charge in [-0.1, -0.05) is 24.8 Å². The van der Waals surface area contributed by atoms with Crippen LogP contribution in [0.25, 0.3) is 0 Å². The van der Waals surface area contributed by atoms with Crippen LogP contribution in [0.4, 0.5) is 0 Å². The summed E-state index contributed by atoms with van der Waals surface area (Å²) in [5.74, 6) is -0.201. The Morgan fingerprint density at radius 2 is 2.11 bits per heavy atom. The lowest BCUT2D eigenvalue weighted by molar-refractivity contribution is -0.133. The van der Waals surface area contributed by atoms with E-state index in [1.165, 1.54) is 6.92 Å². The average Bonchev–Trinajstić information content (AvgIpc) is 2.36. The summed E-state index contributed by atoms with van der Waals surface area (Å²) >= 11 is 0. The third-order valence-corrected chi connectivity index (χ3v) is 2.91. The van der Waals surface area contributed by atoms with Crippen molar-refractivity contribution in [2.24, 2.45) is 0 Å². The second kappa shape index (κ2) is 6.50. The fraction of sp³-hybridized carbons (Fsp3) is 0.250. The van der Waals surface area contributed by atoms with Crippen LogP contribution in [0.5, 0.6) is 5.75 Å². The fourth-order valence-corrected chi connectivity index (χ4v) is 1.89. The zero-order valence-electron chi connectivity index (χ0n) is 9.96. The van der Waals surface area contributed by atoms with E-state index in [0.29, 0.717) is 5.75 Å². The number of hydrogen-bond donors (Lipinski definition) is 1. The van der Waals surface area contributed by atoms with Gasteiger partial charge in [-0.05, 0) is 25.1 Å². The van der Waals surface area contributed by atoms with Gasteiger partial charge in [0.2, 0.25) is 0 Å². The highest BCUT2D eigenvalue weighted by molar-refractivity contribution is 7.33. The molecule has 5 nitrogen and oxygen atoms in total. The van der Waals surface area contributed by atoms with Gasteiger partial charge in [-0.2, -0.15) is 0 Å². The zero-order valence-corrected chi connectivity index (χ0v) is 11.0. The third-order valence-electron chi connectivity index (χ3n) is 2.13. The highest BCUT2D eigenvalue weighted by Gasteiger charge is 2.29. The van der Waals surface area contributed by atoms with E-state index in [-0.39, 0.29) is 0 Å². The molecule has 0 aliphatic heterocycles. The predicted octanol–water partition coefficient (Wildman–Crippen LogP) is 1.98. The molecule has 0 bridgehead atoms. The summed E-state index contributed by atoms with van der Waals surface area (Å²) in [6.07, 6.45) is 0.985. The van der Waals surface area contributed by atoms with Crippen LogP contribution < -0.4 is 4.52 Å². The van der Waals surface area contributed by atoms with E-state index in [1.54, 1.807) is 30.3 Å². The van der Waals surface area contributed by atoms with E-state index in [2.05, 4.69) is 6.58 Å². The summed E-state index contributed by atoms with van der Waals surface area (Å²) in [6, 6.07) is 8.49. The molecule has 0 aromatic heterocycles. The van der Waals surface area contributed by atoms with Crippen LogP contribution in [0, 0.1) is 0 Å². The van der Waals surface area contributed by atoms with Crippen LogP contribution in [-0.4, -0.2) is 23.1 Å². The maximum absolute atomic E-state index is 11.5. The van der Waals surface area contributed by atoms with E-state index >= 15 is 0 Å². The van der Waals surface area contributed by atoms with Gasteiger partial charge in [0.25, 0.3) is 0 Å². The smallest absolute Gasteiger partial charge is 0.367 e. The highest BCUT2D eigenvalue weighted by Crippen LogP contribution is 2.28. The molecular formula is C12H15O5P. The molecular weight excluding hydrogens is 255 g/mol. The molecule has 1 rings (SSSR count). The van der Waals surface area contributed by atoms with Crippen molar-refractivity contribution in [2.45, 2.75) is 12.5 Å². The van der Waals surface area contributed by atoms with Crippen molar-refractivity contribution in [1.82, 2.24) is 0 Å². The van der Waals surface area contributed by atoms with Gasteiger partial charge >= 0.3 is 8.25 Å². The lowest BCUT2D eigenvalue weighted by atomic mass is 10.0. The predicted molar refractivity (Wildman–Crippen MR) is 67.9 cm³/mol. The summed E-state index contributed by atoms with van der Waals surface area (Å²) in [5.41, 5.74) is -1.75. The molecule has 0 saturated heterocycles. The molecule has 0 radical (unpaired) electrons. The van der Waals surface area contributed by atoms with Crippen molar-refractivity contribution in [3.8, 4) is 5.75 Å². The number of para-hydroxylation sites is 1. The summed E-state index contributed by atoms with van der Waals surface area (Å²) < 4.78 is 21.3. The Labute approximate surface area is 106 Å². The standard InChI is InChI=1S/C12H15O5P/c1-3-11(13)12(2,14)9-16-18(15)17-10-7-5-4-6-8-10/h3-8,14,18H,1,9H2,2H3. The number of carbonyl (C=O) groups excluding carboxylic acids is 1. The van der Waals surface area contributed by atoms with Crippen molar-refractivity contribution in [3.63, 3.8) is 0 Å². The van der Waals surface area contributed by atoms with Gasteiger partial charge in [-0.15, -0.1) is 0 Å². The minimum absolute atomic E-state index is 0.399. The first kappa shape index (κ1) is 14.6. The lowest BCUT2D eigenvalue weighted by Gasteiger charge is -2.19. The molecule has 1 aromatic carbocycles. The molecule has 0 aliphatic rings. The number of benzene rings is 1. The molecule has 0 amide bonds. The Balaban J connectivity index is 2.47. The van der Waals surface area contributed by atoms with Gasteiger partial charge in [0.15, 0.2) is 5.78 Å². The minimum Gasteiger partial charge on any atom is -0.426 e. The monoisotopic (exact) mass is 270 g/mol. The van der Waals surface area contributed by atoms with Gasteiger partial charge in [0, 0.05) is 0 Å². The Kier molecular flexibility index (Phi) is 5.28. The van der Waals surface area contributed by atoms with E-state index in [4.69, 9.17) is 9.05 Å². The first-order valence-corrected chi connectivity index (χ1v) is 6.47. The van der Waals surface area contributed by atoms with Crippen LogP contribution in [0.1, 0.15) is 6.92 Å². The normalized spacial score (nSPS) is 15.4. The quantitative estimate of drug-likeness (QED) is 0.605. The Morgan fingerprint density at radius 3 is 2.67 bits per heavy atom. The number of carbonyl (C=O) groups is 1. The number of hydrogen-bond acceptors (Lipinski definition) is 5. The number of aliphatic hydroxyl groups is 1. The Morgan fingerprint density at radius 1 is 1.50 bits per heavy atom. The molecule has 18 heavy (non-hydrogen) atoms. The third kappa shape index (κ3) is 4.45. The van der Waals surface area contributed by atoms with Gasteiger partial charge in [-0.3, -0.25) is 9.32 Å². The maximum atomic E-state index is 11.5. The Bertz CT molecular complexity index is 441. The fourth-order valence-electron chi connectivity index (χ4n) is 1.10. The van der Waals surface area contributed by atoms with Gasteiger partial charge in [0.05, 0.1) is 6.61 Å². The van der Waals surface area contributed by atoms with Crippen LogP contribution in [0.3, 0.4) is 0 Å². The van der Waals surface area contributed by atoms with Crippen molar-refractivity contribution in [3.05, 3.63) is 43.0 Å². The van der Waals surface area contributed by atoms with E-state index < -0.39 is 26.2 Å². The molecule has 6 heteroatoms. The van der Waals surface area contributed by atoms with Crippen LogP contribution >= 0.6 is 8.25 Å². The highest BCUT2D eigenvalue weighted by atomic mass is 31.1. The molecule has 0 fully saturated rings. The van der Waals surface area contributed by atoms with Gasteiger partial charge in [-0.25, -0.2) is 4.57 Å². The molecule has 0 saturated carbocycles. The molecule has 0 aliphatic carbocycles. The lowest BCUT2D eigenvalue weighted by Crippen LogP contribution is -2.38. The molecule has 98 valence electrons. The van der Waals surface area contributed by atoms with Crippen LogP contribution in [0.2, 0.25) is 0 Å². The molecule has 2 unspecified atom stereocenters. The molecule has 1 aromatic rings. The second-order valence-electron chi connectivity index (χ2n) is 3.80. The van der Waals surface area contributed by atoms with Crippen molar-refractivity contribution in [2.75, 3.05) is 6.61 Å². The zero-order chi connectivity index (χ0) is 13.6. The van der Waals surface area contributed by atoms with E-state index in [1.807, 2.05) is 0 Å². The topological polar surface area (TPSA) is 72.8 Å². The van der Waals surface area contributed by atoms with E-state index in [0.717, 1.165) is 6.08 Å². The summed E-state index contributed by atoms with van der Waals surface area (Å²) in [7, 11) is -2.81. The molecule has 0 heterocycles. The summed E-state index contributed by atoms with van der Waals surface area (Å²) in [4.78, 5) is 11.2. The Hall–Kier alpha value is -1.42. The summed E-state index contributed by atoms with van der Waals surface area (Å²) in [5, 5.41) is 9.67. The maximum Gasteiger partial charge on any atom is 0.367 e. The van der Waals surface area contributed by atoms with Crippen LogP contribution in [0.15, 0.2) is 43.0 Å². The number of rotatable bonds is 7. The largest absolute Gasteiger partial charge is 0.426 e. The second-order valence-corrected chi connectivity index (χ2v) is 4.79. The van der Waals surface area contributed by atoms with Crippen molar-refractivity contribution >= 4 is 14.0 Å².